The second-order valence-electron chi connectivity index (χ2n) is 2.77. The predicted molar refractivity (Wildman–Crippen MR) is 53.0 cm³/mol. The van der Waals surface area contributed by atoms with Crippen molar-refractivity contribution in [2.45, 2.75) is 26.2 Å². The molecule has 1 aliphatic carbocycles. The summed E-state index contributed by atoms with van der Waals surface area (Å²) < 4.78 is 0. The van der Waals surface area contributed by atoms with E-state index in [-0.39, 0.29) is 0 Å². The molecular weight excluding hydrogens is 148 g/mol. The summed E-state index contributed by atoms with van der Waals surface area (Å²) in [6.07, 6.45) is 10.3. The van der Waals surface area contributed by atoms with Crippen LogP contribution in [0, 0.1) is 5.41 Å². The maximum Gasteiger partial charge on any atom is 0.0447 e. The molecule has 0 aromatic rings. The third-order valence-corrected chi connectivity index (χ3v) is 1.90. The number of nitrogens with zero attached hydrogens (tertiary/aromatic N) is 1. The van der Waals surface area contributed by atoms with E-state index in [1.165, 1.54) is 18.2 Å². The van der Waals surface area contributed by atoms with Crippen LogP contribution in [0.4, 0.5) is 0 Å². The molecule has 1 N–H and O–H groups in total. The summed E-state index contributed by atoms with van der Waals surface area (Å²) in [5.74, 6) is 0. The first-order chi connectivity index (χ1) is 5.88. The van der Waals surface area contributed by atoms with Gasteiger partial charge < -0.3 is 5.41 Å². The Kier molecular flexibility index (Phi) is 3.45. The predicted octanol–water partition coefficient (Wildman–Crippen LogP) is 2.72. The minimum absolute atomic E-state index is 1.06. The SMILES string of the molecule is C/C=C/C1=C(N=CC=N)CCC1. The number of nitrogens with one attached hydrogen (secondary N) is 1. The summed E-state index contributed by atoms with van der Waals surface area (Å²) in [6, 6.07) is 0. The fourth-order valence-electron chi connectivity index (χ4n) is 1.41. The molecule has 0 aliphatic heterocycles. The highest BCUT2D eigenvalue weighted by molar-refractivity contribution is 6.14. The number of aliphatic imine (C=N–C) groups is 1. The molecule has 64 valence electrons. The minimum atomic E-state index is 1.06. The Hall–Kier alpha value is -1.18. The Morgan fingerprint density at radius 1 is 1.42 bits per heavy atom. The van der Waals surface area contributed by atoms with Crippen molar-refractivity contribution >= 4 is 12.4 Å². The maximum absolute atomic E-state index is 6.82. The fraction of sp³-hybridized carbons (Fsp3) is 0.400. The first kappa shape index (κ1) is 8.91. The van der Waals surface area contributed by atoms with E-state index in [9.17, 15) is 0 Å². The minimum Gasteiger partial charge on any atom is -0.307 e. The van der Waals surface area contributed by atoms with Gasteiger partial charge in [0, 0.05) is 18.1 Å². The lowest BCUT2D eigenvalue weighted by Gasteiger charge is -1.93. The zero-order valence-electron chi connectivity index (χ0n) is 7.38. The molecule has 2 heteroatoms. The van der Waals surface area contributed by atoms with Gasteiger partial charge in [-0.25, -0.2) is 0 Å². The summed E-state index contributed by atoms with van der Waals surface area (Å²) in [4.78, 5) is 4.20. The Morgan fingerprint density at radius 3 is 2.92 bits per heavy atom. The van der Waals surface area contributed by atoms with Crippen LogP contribution in [0.2, 0.25) is 0 Å². The third kappa shape index (κ3) is 2.16. The molecule has 12 heavy (non-hydrogen) atoms. The number of hydrogen-bond donors (Lipinski definition) is 1. The van der Waals surface area contributed by atoms with Crippen LogP contribution < -0.4 is 0 Å². The molecule has 0 amide bonds. The zero-order chi connectivity index (χ0) is 8.81. The normalized spacial score (nSPS) is 18.4. The number of rotatable bonds is 3. The van der Waals surface area contributed by atoms with Gasteiger partial charge in [0.2, 0.25) is 0 Å². The summed E-state index contributed by atoms with van der Waals surface area (Å²) in [6.45, 7) is 2.02. The van der Waals surface area contributed by atoms with Crippen molar-refractivity contribution in [3.8, 4) is 0 Å². The Morgan fingerprint density at radius 2 is 2.25 bits per heavy atom. The Balaban J connectivity index is 2.75. The van der Waals surface area contributed by atoms with Crippen molar-refractivity contribution in [1.82, 2.24) is 0 Å². The van der Waals surface area contributed by atoms with Crippen LogP contribution >= 0.6 is 0 Å². The van der Waals surface area contributed by atoms with Gasteiger partial charge in [0.05, 0.1) is 0 Å². The molecule has 0 fully saturated rings. The molecule has 0 aromatic carbocycles. The van der Waals surface area contributed by atoms with Crippen molar-refractivity contribution in [3.63, 3.8) is 0 Å². The lowest BCUT2D eigenvalue weighted by Crippen LogP contribution is -1.79. The lowest BCUT2D eigenvalue weighted by atomic mass is 10.2. The molecule has 1 aliphatic rings. The van der Waals surface area contributed by atoms with Crippen LogP contribution in [0.5, 0.6) is 0 Å². The van der Waals surface area contributed by atoms with Crippen LogP contribution in [-0.2, 0) is 0 Å². The van der Waals surface area contributed by atoms with E-state index >= 15 is 0 Å². The van der Waals surface area contributed by atoms with E-state index in [0.717, 1.165) is 18.5 Å². The van der Waals surface area contributed by atoms with Crippen LogP contribution in [0.3, 0.4) is 0 Å². The van der Waals surface area contributed by atoms with Crippen LogP contribution in [0.25, 0.3) is 0 Å². The second kappa shape index (κ2) is 4.65. The standard InChI is InChI=1S/C10H14N2/c1-2-4-9-5-3-6-10(9)12-8-7-11/h2,4,7-8,11H,3,5-6H2,1H3/b4-2+,11-7?,12-8?. The number of allylic oxidation sites excluding steroid dienone is 4. The molecule has 0 unspecified atom stereocenters. The van der Waals surface area contributed by atoms with E-state index in [1.54, 1.807) is 6.21 Å². The third-order valence-electron chi connectivity index (χ3n) is 1.90. The lowest BCUT2D eigenvalue weighted by molar-refractivity contribution is 0.895. The van der Waals surface area contributed by atoms with Crippen molar-refractivity contribution in [1.29, 1.82) is 5.41 Å². The van der Waals surface area contributed by atoms with E-state index in [1.807, 2.05) is 13.0 Å². The van der Waals surface area contributed by atoms with Gasteiger partial charge >= 0.3 is 0 Å². The molecule has 0 saturated heterocycles. The van der Waals surface area contributed by atoms with E-state index < -0.39 is 0 Å². The van der Waals surface area contributed by atoms with Gasteiger partial charge in [-0.2, -0.15) is 0 Å². The molecule has 1 rings (SSSR count). The first-order valence-electron chi connectivity index (χ1n) is 4.26. The fourth-order valence-corrected chi connectivity index (χ4v) is 1.41. The smallest absolute Gasteiger partial charge is 0.0447 e. The summed E-state index contributed by atoms with van der Waals surface area (Å²) >= 11 is 0. The Labute approximate surface area is 73.2 Å². The summed E-state index contributed by atoms with van der Waals surface area (Å²) in [5.41, 5.74) is 2.48. The van der Waals surface area contributed by atoms with E-state index in [4.69, 9.17) is 5.41 Å². The van der Waals surface area contributed by atoms with Crippen LogP contribution in [0.15, 0.2) is 28.4 Å². The van der Waals surface area contributed by atoms with Crippen molar-refractivity contribution < 1.29 is 0 Å². The van der Waals surface area contributed by atoms with Crippen LogP contribution in [-0.4, -0.2) is 12.4 Å². The monoisotopic (exact) mass is 162 g/mol. The molecule has 0 atom stereocenters. The molecular formula is C10H14N2. The van der Waals surface area contributed by atoms with Crippen molar-refractivity contribution in [3.05, 3.63) is 23.4 Å². The molecule has 0 saturated carbocycles. The second-order valence-corrected chi connectivity index (χ2v) is 2.77. The van der Waals surface area contributed by atoms with E-state index in [0.29, 0.717) is 0 Å². The van der Waals surface area contributed by atoms with Crippen molar-refractivity contribution in [2.75, 3.05) is 0 Å². The average Bonchev–Trinajstić information content (AvgIpc) is 2.50. The molecule has 0 bridgehead atoms. The van der Waals surface area contributed by atoms with Gasteiger partial charge in [0.25, 0.3) is 0 Å². The Bertz CT molecular complexity index is 247. The molecule has 0 heterocycles. The molecule has 0 aromatic heterocycles. The highest BCUT2D eigenvalue weighted by atomic mass is 14.7. The van der Waals surface area contributed by atoms with Gasteiger partial charge in [0.15, 0.2) is 0 Å². The summed E-state index contributed by atoms with van der Waals surface area (Å²) in [5, 5.41) is 6.82. The quantitative estimate of drug-likeness (QED) is 0.619. The average molecular weight is 162 g/mol. The largest absolute Gasteiger partial charge is 0.307 e. The molecule has 0 spiro atoms. The van der Waals surface area contributed by atoms with Crippen molar-refractivity contribution in [2.24, 2.45) is 4.99 Å². The van der Waals surface area contributed by atoms with Gasteiger partial charge in [-0.15, -0.1) is 0 Å². The maximum atomic E-state index is 6.82. The van der Waals surface area contributed by atoms with Gasteiger partial charge in [0.1, 0.15) is 0 Å². The summed E-state index contributed by atoms with van der Waals surface area (Å²) in [7, 11) is 0. The molecule has 0 radical (unpaired) electrons. The highest BCUT2D eigenvalue weighted by Gasteiger charge is 2.09. The van der Waals surface area contributed by atoms with Crippen LogP contribution in [0.1, 0.15) is 26.2 Å². The van der Waals surface area contributed by atoms with Gasteiger partial charge in [-0.3, -0.25) is 4.99 Å². The van der Waals surface area contributed by atoms with E-state index in [2.05, 4.69) is 11.1 Å². The highest BCUT2D eigenvalue weighted by Crippen LogP contribution is 2.27. The topological polar surface area (TPSA) is 36.2 Å². The van der Waals surface area contributed by atoms with Gasteiger partial charge in [-0.05, 0) is 31.8 Å². The first-order valence-corrected chi connectivity index (χ1v) is 4.26. The molecule has 2 nitrogen and oxygen atoms in total. The number of hydrogen-bond acceptors (Lipinski definition) is 2. The van der Waals surface area contributed by atoms with Gasteiger partial charge in [-0.1, -0.05) is 12.2 Å². The zero-order valence-corrected chi connectivity index (χ0v) is 7.38.